The van der Waals surface area contributed by atoms with Crippen LogP contribution >= 0.6 is 27.7 Å². The van der Waals surface area contributed by atoms with Gasteiger partial charge in [0.15, 0.2) is 0 Å². The van der Waals surface area contributed by atoms with Crippen molar-refractivity contribution in [1.29, 1.82) is 0 Å². The van der Waals surface area contributed by atoms with Crippen LogP contribution in [0.3, 0.4) is 0 Å². The molecule has 0 unspecified atom stereocenters. The molecule has 1 aromatic rings. The quantitative estimate of drug-likeness (QED) is 0.808. The first-order chi connectivity index (χ1) is 5.81. The molecule has 0 spiro atoms. The van der Waals surface area contributed by atoms with Gasteiger partial charge in [0.1, 0.15) is 0 Å². The molecule has 1 nitrogen and oxygen atoms in total. The molecule has 1 aliphatic heterocycles. The molecule has 0 aromatic heterocycles. The largest absolute Gasteiger partial charge is 0.395 e. The van der Waals surface area contributed by atoms with Crippen molar-refractivity contribution in [3.63, 3.8) is 0 Å². The van der Waals surface area contributed by atoms with Crippen LogP contribution in [0.15, 0.2) is 28.7 Å². The van der Waals surface area contributed by atoms with E-state index in [1.54, 1.807) is 0 Å². The summed E-state index contributed by atoms with van der Waals surface area (Å²) >= 11 is 5.22. The van der Waals surface area contributed by atoms with Crippen molar-refractivity contribution in [1.82, 2.24) is 0 Å². The van der Waals surface area contributed by atoms with E-state index in [9.17, 15) is 0 Å². The number of aliphatic hydroxyl groups excluding tert-OH is 1. The molecule has 2 atom stereocenters. The van der Waals surface area contributed by atoms with Crippen molar-refractivity contribution < 1.29 is 5.11 Å². The first-order valence-corrected chi connectivity index (χ1v) is 5.56. The van der Waals surface area contributed by atoms with Gasteiger partial charge in [-0.25, -0.2) is 0 Å². The summed E-state index contributed by atoms with van der Waals surface area (Å²) in [5.74, 6) is 0. The van der Waals surface area contributed by atoms with Gasteiger partial charge in [0.2, 0.25) is 0 Å². The van der Waals surface area contributed by atoms with Gasteiger partial charge in [-0.3, -0.25) is 0 Å². The summed E-state index contributed by atoms with van der Waals surface area (Å²) in [4.78, 5) is 0. The summed E-state index contributed by atoms with van der Waals surface area (Å²) in [5.41, 5.74) is 1.32. The van der Waals surface area contributed by atoms with E-state index >= 15 is 0 Å². The van der Waals surface area contributed by atoms with Gasteiger partial charge in [-0.15, -0.1) is 11.8 Å². The average Bonchev–Trinajstić information content (AvgIpc) is 2.85. The number of aliphatic hydroxyl groups is 1. The van der Waals surface area contributed by atoms with Crippen LogP contribution in [-0.2, 0) is 0 Å². The Bertz CT molecular complexity index is 272. The van der Waals surface area contributed by atoms with Gasteiger partial charge >= 0.3 is 0 Å². The Labute approximate surface area is 84.3 Å². The molecular weight excluding hydrogens is 236 g/mol. The minimum absolute atomic E-state index is 0.297. The summed E-state index contributed by atoms with van der Waals surface area (Å²) in [6.45, 7) is 0.297. The maximum absolute atomic E-state index is 8.86. The normalized spacial score (nSPS) is 27.2. The summed E-state index contributed by atoms with van der Waals surface area (Å²) in [6, 6.07) is 8.31. The van der Waals surface area contributed by atoms with Crippen molar-refractivity contribution in [3.8, 4) is 0 Å². The summed E-state index contributed by atoms with van der Waals surface area (Å²) in [6.07, 6.45) is 0. The van der Waals surface area contributed by atoms with Crippen LogP contribution in [0.1, 0.15) is 10.8 Å². The number of benzene rings is 1. The van der Waals surface area contributed by atoms with Crippen LogP contribution in [0.5, 0.6) is 0 Å². The molecule has 1 aromatic carbocycles. The number of hydrogen-bond donors (Lipinski definition) is 1. The highest BCUT2D eigenvalue weighted by Gasteiger charge is 2.38. The lowest BCUT2D eigenvalue weighted by atomic mass is 10.1. The summed E-state index contributed by atoms with van der Waals surface area (Å²) < 4.78 is 1.11. The minimum Gasteiger partial charge on any atom is -0.395 e. The standard InChI is InChI=1S/C9H9BrOS/c10-7-3-1-6(2-4-7)9-8(5-11)12-9/h1-4,8-9,11H,5H2/t8-,9-/m0/s1. The van der Waals surface area contributed by atoms with Crippen LogP contribution in [0.2, 0.25) is 0 Å². The lowest BCUT2D eigenvalue weighted by Crippen LogP contribution is -1.93. The molecule has 0 bridgehead atoms. The molecular formula is C9H9BrOS. The molecule has 2 rings (SSSR count). The Morgan fingerprint density at radius 3 is 2.50 bits per heavy atom. The second kappa shape index (κ2) is 3.40. The molecule has 12 heavy (non-hydrogen) atoms. The zero-order valence-corrected chi connectivity index (χ0v) is 8.81. The monoisotopic (exact) mass is 244 g/mol. The van der Waals surface area contributed by atoms with Gasteiger partial charge in [0, 0.05) is 15.0 Å². The van der Waals surface area contributed by atoms with Crippen molar-refractivity contribution in [2.75, 3.05) is 6.61 Å². The third-order valence-corrected chi connectivity index (χ3v) is 3.84. The van der Waals surface area contributed by atoms with Gasteiger partial charge in [-0.1, -0.05) is 28.1 Å². The van der Waals surface area contributed by atoms with E-state index in [-0.39, 0.29) is 0 Å². The molecule has 0 radical (unpaired) electrons. The highest BCUT2D eigenvalue weighted by atomic mass is 79.9. The third-order valence-electron chi connectivity index (χ3n) is 1.96. The van der Waals surface area contributed by atoms with Crippen LogP contribution in [-0.4, -0.2) is 17.0 Å². The maximum atomic E-state index is 8.86. The average molecular weight is 245 g/mol. The van der Waals surface area contributed by atoms with Crippen LogP contribution < -0.4 is 0 Å². The van der Waals surface area contributed by atoms with Crippen LogP contribution in [0, 0.1) is 0 Å². The fourth-order valence-electron chi connectivity index (χ4n) is 1.23. The Kier molecular flexibility index (Phi) is 2.44. The molecule has 0 aliphatic carbocycles. The second-order valence-corrected chi connectivity index (χ2v) is 5.13. The molecule has 1 N–H and O–H groups in total. The van der Waals surface area contributed by atoms with E-state index in [0.717, 1.165) is 4.47 Å². The second-order valence-electron chi connectivity index (χ2n) is 2.83. The number of hydrogen-bond acceptors (Lipinski definition) is 2. The maximum Gasteiger partial charge on any atom is 0.0564 e. The Morgan fingerprint density at radius 1 is 1.33 bits per heavy atom. The molecule has 64 valence electrons. The first-order valence-electron chi connectivity index (χ1n) is 3.83. The van der Waals surface area contributed by atoms with E-state index in [0.29, 0.717) is 17.1 Å². The highest BCUT2D eigenvalue weighted by molar-refractivity contribution is 9.10. The van der Waals surface area contributed by atoms with Crippen molar-refractivity contribution in [2.45, 2.75) is 10.5 Å². The van der Waals surface area contributed by atoms with E-state index in [1.807, 2.05) is 23.9 Å². The first kappa shape index (κ1) is 8.60. The van der Waals surface area contributed by atoms with Gasteiger partial charge < -0.3 is 5.11 Å². The molecule has 1 saturated heterocycles. The Morgan fingerprint density at radius 2 is 2.00 bits per heavy atom. The summed E-state index contributed by atoms with van der Waals surface area (Å²) in [5, 5.41) is 9.83. The third kappa shape index (κ3) is 1.68. The number of halogens is 1. The zero-order valence-electron chi connectivity index (χ0n) is 6.40. The van der Waals surface area contributed by atoms with E-state index in [1.165, 1.54) is 5.56 Å². The molecule has 0 saturated carbocycles. The fraction of sp³-hybridized carbons (Fsp3) is 0.333. The highest BCUT2D eigenvalue weighted by Crippen LogP contribution is 2.54. The zero-order chi connectivity index (χ0) is 8.55. The topological polar surface area (TPSA) is 20.2 Å². The smallest absolute Gasteiger partial charge is 0.0564 e. The Balaban J connectivity index is 2.10. The van der Waals surface area contributed by atoms with Crippen LogP contribution in [0.4, 0.5) is 0 Å². The SMILES string of the molecule is OC[C@@H]1S[C@H]1c1ccc(Br)cc1. The van der Waals surface area contributed by atoms with Gasteiger partial charge in [-0.2, -0.15) is 0 Å². The van der Waals surface area contributed by atoms with E-state index < -0.39 is 0 Å². The number of thioether (sulfide) groups is 1. The van der Waals surface area contributed by atoms with Crippen molar-refractivity contribution in [3.05, 3.63) is 34.3 Å². The number of rotatable bonds is 2. The van der Waals surface area contributed by atoms with Crippen molar-refractivity contribution >= 4 is 27.7 Å². The van der Waals surface area contributed by atoms with Gasteiger partial charge in [0.05, 0.1) is 6.61 Å². The van der Waals surface area contributed by atoms with E-state index in [2.05, 4.69) is 28.1 Å². The Hall–Kier alpha value is 0.01000. The predicted octanol–water partition coefficient (Wildman–Crippen LogP) is 2.60. The van der Waals surface area contributed by atoms with Gasteiger partial charge in [-0.05, 0) is 17.7 Å². The van der Waals surface area contributed by atoms with Crippen molar-refractivity contribution in [2.24, 2.45) is 0 Å². The summed E-state index contributed by atoms with van der Waals surface area (Å²) in [7, 11) is 0. The molecule has 0 amide bonds. The lowest BCUT2D eigenvalue weighted by Gasteiger charge is -1.96. The molecule has 1 fully saturated rings. The molecule has 1 heterocycles. The molecule has 3 heteroatoms. The lowest BCUT2D eigenvalue weighted by molar-refractivity contribution is 0.302. The predicted molar refractivity (Wildman–Crippen MR) is 55.3 cm³/mol. The fourth-order valence-corrected chi connectivity index (χ4v) is 2.42. The minimum atomic E-state index is 0.297. The van der Waals surface area contributed by atoms with Gasteiger partial charge in [0.25, 0.3) is 0 Å². The van der Waals surface area contributed by atoms with Crippen LogP contribution in [0.25, 0.3) is 0 Å². The molecule has 1 aliphatic rings. The van der Waals surface area contributed by atoms with E-state index in [4.69, 9.17) is 5.11 Å².